The molecule has 1 aromatic carbocycles. The van der Waals surface area contributed by atoms with Crippen molar-refractivity contribution in [2.24, 2.45) is 5.92 Å². The number of hydrogen-bond donors (Lipinski definition) is 2. The smallest absolute Gasteiger partial charge is 0.256 e. The average Bonchev–Trinajstić information content (AvgIpc) is 3.11. The zero-order valence-electron chi connectivity index (χ0n) is 13.1. The molecule has 3 heterocycles. The summed E-state index contributed by atoms with van der Waals surface area (Å²) in [5.41, 5.74) is 1.56. The van der Waals surface area contributed by atoms with Gasteiger partial charge in [0.25, 0.3) is 5.91 Å². The molecule has 0 bridgehead atoms. The van der Waals surface area contributed by atoms with Gasteiger partial charge in [-0.3, -0.25) is 9.59 Å². The molecule has 0 atom stereocenters. The van der Waals surface area contributed by atoms with E-state index in [1.165, 1.54) is 0 Å². The van der Waals surface area contributed by atoms with Gasteiger partial charge in [-0.1, -0.05) is 23.4 Å². The Hall–Kier alpha value is -3.09. The van der Waals surface area contributed by atoms with Gasteiger partial charge in [0.1, 0.15) is 5.76 Å². The van der Waals surface area contributed by atoms with Gasteiger partial charge in [0.15, 0.2) is 5.82 Å². The van der Waals surface area contributed by atoms with Gasteiger partial charge in [0.2, 0.25) is 5.91 Å². The van der Waals surface area contributed by atoms with E-state index in [4.69, 9.17) is 4.52 Å². The first-order valence-electron chi connectivity index (χ1n) is 7.71. The average molecular weight is 324 g/mol. The molecule has 0 spiro atoms. The van der Waals surface area contributed by atoms with Crippen molar-refractivity contribution in [1.29, 1.82) is 0 Å². The standard InChI is InChI=1S/C17H16N4O3/c1-10-6-15(20-24-10)19-16(22)11-8-21(9-11)17(23)13-7-18-14-5-3-2-4-12(13)14/h2-7,11,18H,8-9H2,1H3,(H,19,20,22). The molecule has 0 saturated carbocycles. The summed E-state index contributed by atoms with van der Waals surface area (Å²) in [7, 11) is 0. The summed E-state index contributed by atoms with van der Waals surface area (Å²) < 4.78 is 4.91. The number of fused-ring (bicyclic) bond motifs is 1. The molecule has 1 aliphatic heterocycles. The van der Waals surface area contributed by atoms with E-state index in [1.54, 1.807) is 24.1 Å². The molecular formula is C17H16N4O3. The molecule has 0 radical (unpaired) electrons. The predicted octanol–water partition coefficient (Wildman–Crippen LogP) is 2.18. The third kappa shape index (κ3) is 2.44. The van der Waals surface area contributed by atoms with Crippen molar-refractivity contribution in [3.05, 3.63) is 47.9 Å². The number of aromatic nitrogens is 2. The highest BCUT2D eigenvalue weighted by molar-refractivity contribution is 6.07. The molecule has 7 nitrogen and oxygen atoms in total. The third-order valence-corrected chi connectivity index (χ3v) is 4.24. The number of aromatic amines is 1. The fourth-order valence-electron chi connectivity index (χ4n) is 2.88. The van der Waals surface area contributed by atoms with E-state index in [-0.39, 0.29) is 17.7 Å². The Morgan fingerprint density at radius 3 is 2.88 bits per heavy atom. The lowest BCUT2D eigenvalue weighted by atomic mass is 9.97. The van der Waals surface area contributed by atoms with Crippen LogP contribution in [0.25, 0.3) is 10.9 Å². The maximum atomic E-state index is 12.6. The van der Waals surface area contributed by atoms with Crippen LogP contribution in [0.15, 0.2) is 41.1 Å². The van der Waals surface area contributed by atoms with Crippen LogP contribution in [0.4, 0.5) is 5.82 Å². The minimum Gasteiger partial charge on any atom is -0.360 e. The van der Waals surface area contributed by atoms with Gasteiger partial charge in [-0.25, -0.2) is 0 Å². The minimum absolute atomic E-state index is 0.0613. The van der Waals surface area contributed by atoms with Crippen molar-refractivity contribution >= 4 is 28.5 Å². The second-order valence-electron chi connectivity index (χ2n) is 5.97. The van der Waals surface area contributed by atoms with Gasteiger partial charge in [-0.15, -0.1) is 0 Å². The molecule has 0 unspecified atom stereocenters. The quantitative estimate of drug-likeness (QED) is 0.772. The first kappa shape index (κ1) is 14.5. The van der Waals surface area contributed by atoms with Crippen molar-refractivity contribution in [2.75, 3.05) is 18.4 Å². The van der Waals surface area contributed by atoms with E-state index < -0.39 is 0 Å². The number of hydrogen-bond acceptors (Lipinski definition) is 4. The number of carbonyl (C=O) groups is 2. The largest absolute Gasteiger partial charge is 0.360 e. The van der Waals surface area contributed by atoms with E-state index in [2.05, 4.69) is 15.5 Å². The number of anilines is 1. The Morgan fingerprint density at radius 2 is 2.12 bits per heavy atom. The van der Waals surface area contributed by atoms with Crippen LogP contribution in [0.1, 0.15) is 16.1 Å². The van der Waals surface area contributed by atoms with E-state index in [9.17, 15) is 9.59 Å². The number of aryl methyl sites for hydroxylation is 1. The van der Waals surface area contributed by atoms with Gasteiger partial charge >= 0.3 is 0 Å². The van der Waals surface area contributed by atoms with Crippen LogP contribution < -0.4 is 5.32 Å². The molecule has 122 valence electrons. The lowest BCUT2D eigenvalue weighted by Gasteiger charge is -2.37. The molecule has 2 aromatic heterocycles. The second-order valence-corrected chi connectivity index (χ2v) is 5.97. The van der Waals surface area contributed by atoms with Crippen molar-refractivity contribution in [2.45, 2.75) is 6.92 Å². The van der Waals surface area contributed by atoms with Gasteiger partial charge in [-0.05, 0) is 13.0 Å². The number of benzene rings is 1. The number of likely N-dealkylation sites (tertiary alicyclic amines) is 1. The molecule has 1 saturated heterocycles. The Bertz CT molecular complexity index is 921. The minimum atomic E-state index is -0.226. The number of para-hydroxylation sites is 1. The Kier molecular flexibility index (Phi) is 3.34. The van der Waals surface area contributed by atoms with Crippen molar-refractivity contribution in [3.63, 3.8) is 0 Å². The van der Waals surface area contributed by atoms with Crippen molar-refractivity contribution in [3.8, 4) is 0 Å². The molecule has 3 aromatic rings. The van der Waals surface area contributed by atoms with Crippen LogP contribution in [-0.4, -0.2) is 39.9 Å². The molecule has 1 fully saturated rings. The fourth-order valence-corrected chi connectivity index (χ4v) is 2.88. The molecule has 0 aliphatic carbocycles. The molecule has 4 rings (SSSR count). The topological polar surface area (TPSA) is 91.2 Å². The number of carbonyl (C=O) groups excluding carboxylic acids is 2. The number of H-pyrrole nitrogens is 1. The van der Waals surface area contributed by atoms with E-state index in [0.717, 1.165) is 10.9 Å². The maximum absolute atomic E-state index is 12.6. The Labute approximate surface area is 137 Å². The van der Waals surface area contributed by atoms with E-state index in [1.807, 2.05) is 24.3 Å². The second kappa shape index (κ2) is 5.52. The number of rotatable bonds is 3. The molecule has 2 amide bonds. The molecule has 2 N–H and O–H groups in total. The van der Waals surface area contributed by atoms with Gasteiger partial charge in [0, 0.05) is 36.3 Å². The monoisotopic (exact) mass is 324 g/mol. The third-order valence-electron chi connectivity index (χ3n) is 4.24. The summed E-state index contributed by atoms with van der Waals surface area (Å²) in [5.74, 6) is 0.602. The summed E-state index contributed by atoms with van der Waals surface area (Å²) in [5, 5.41) is 7.33. The van der Waals surface area contributed by atoms with Gasteiger partial charge in [0.05, 0.1) is 11.5 Å². The first-order valence-corrected chi connectivity index (χ1v) is 7.71. The van der Waals surface area contributed by atoms with Crippen LogP contribution in [0.3, 0.4) is 0 Å². The van der Waals surface area contributed by atoms with Crippen LogP contribution in [0.2, 0.25) is 0 Å². The summed E-state index contributed by atoms with van der Waals surface area (Å²) >= 11 is 0. The van der Waals surface area contributed by atoms with Crippen molar-refractivity contribution < 1.29 is 14.1 Å². The van der Waals surface area contributed by atoms with Crippen LogP contribution in [0.5, 0.6) is 0 Å². The summed E-state index contributed by atoms with van der Waals surface area (Å²) in [6, 6.07) is 9.32. The highest BCUT2D eigenvalue weighted by atomic mass is 16.5. The number of nitrogens with one attached hydrogen (secondary N) is 2. The molecular weight excluding hydrogens is 308 g/mol. The number of nitrogens with zero attached hydrogens (tertiary/aromatic N) is 2. The van der Waals surface area contributed by atoms with Crippen molar-refractivity contribution in [1.82, 2.24) is 15.0 Å². The summed E-state index contributed by atoms with van der Waals surface area (Å²) in [6.45, 7) is 2.57. The zero-order chi connectivity index (χ0) is 16.7. The van der Waals surface area contributed by atoms with Crippen LogP contribution >= 0.6 is 0 Å². The van der Waals surface area contributed by atoms with Gasteiger partial charge in [-0.2, -0.15) is 0 Å². The molecule has 24 heavy (non-hydrogen) atoms. The summed E-state index contributed by atoms with van der Waals surface area (Å²) in [6.07, 6.45) is 1.72. The Balaban J connectivity index is 1.40. The first-order chi connectivity index (χ1) is 11.6. The lowest BCUT2D eigenvalue weighted by molar-refractivity contribution is -0.123. The zero-order valence-corrected chi connectivity index (χ0v) is 13.1. The SMILES string of the molecule is Cc1cc(NC(=O)C2CN(C(=O)c3c[nH]c4ccccc34)C2)no1. The predicted molar refractivity (Wildman–Crippen MR) is 87.6 cm³/mol. The van der Waals surface area contributed by atoms with E-state index in [0.29, 0.717) is 30.2 Å². The maximum Gasteiger partial charge on any atom is 0.256 e. The Morgan fingerprint density at radius 1 is 1.33 bits per heavy atom. The summed E-state index contributed by atoms with van der Waals surface area (Å²) in [4.78, 5) is 29.5. The molecule has 1 aliphatic rings. The highest BCUT2D eigenvalue weighted by Gasteiger charge is 2.36. The molecule has 7 heteroatoms. The fraction of sp³-hybridized carbons (Fsp3) is 0.235. The lowest BCUT2D eigenvalue weighted by Crippen LogP contribution is -2.54. The van der Waals surface area contributed by atoms with Gasteiger partial charge < -0.3 is 19.7 Å². The number of amides is 2. The van der Waals surface area contributed by atoms with Crippen LogP contribution in [-0.2, 0) is 4.79 Å². The normalized spacial score (nSPS) is 14.6. The van der Waals surface area contributed by atoms with Crippen LogP contribution in [0, 0.1) is 12.8 Å². The highest BCUT2D eigenvalue weighted by Crippen LogP contribution is 2.24. The van der Waals surface area contributed by atoms with E-state index >= 15 is 0 Å².